The van der Waals surface area contributed by atoms with Crippen molar-refractivity contribution in [3.8, 4) is 33.8 Å². The summed E-state index contributed by atoms with van der Waals surface area (Å²) in [4.78, 5) is 0. The maximum absolute atomic E-state index is 5.61. The Balaban J connectivity index is 1.46. The molecule has 0 N–H and O–H groups in total. The predicted molar refractivity (Wildman–Crippen MR) is 137 cm³/mol. The molecule has 0 unspecified atom stereocenters. The summed E-state index contributed by atoms with van der Waals surface area (Å²) < 4.78 is 15.1. The summed E-state index contributed by atoms with van der Waals surface area (Å²) in [7, 11) is 3.43. The average molecular weight is 459 g/mol. The molecule has 0 saturated heterocycles. The number of benzene rings is 2. The van der Waals surface area contributed by atoms with Crippen molar-refractivity contribution in [1.29, 1.82) is 0 Å². The summed E-state index contributed by atoms with van der Waals surface area (Å²) in [6.07, 6.45) is 9.94. The molecule has 2 aromatic carbocycles. The fraction of sp³-hybridized carbons (Fsp3) is 0.357. The van der Waals surface area contributed by atoms with E-state index in [1.807, 2.05) is 27.8 Å². The lowest BCUT2D eigenvalue weighted by Gasteiger charge is -2.11. The van der Waals surface area contributed by atoms with E-state index in [1.165, 1.54) is 11.1 Å². The third-order valence-corrected chi connectivity index (χ3v) is 6.18. The van der Waals surface area contributed by atoms with E-state index in [4.69, 9.17) is 9.47 Å². The zero-order valence-electron chi connectivity index (χ0n) is 20.8. The van der Waals surface area contributed by atoms with Gasteiger partial charge in [0.05, 0.1) is 26.6 Å². The van der Waals surface area contributed by atoms with Gasteiger partial charge in [0.15, 0.2) is 0 Å². The fourth-order valence-electron chi connectivity index (χ4n) is 4.16. The Labute approximate surface area is 202 Å². The highest BCUT2D eigenvalue weighted by molar-refractivity contribution is 5.70. The van der Waals surface area contributed by atoms with E-state index in [9.17, 15) is 0 Å². The Kier molecular flexibility index (Phi) is 7.36. The Morgan fingerprint density at radius 2 is 1.62 bits per heavy atom. The van der Waals surface area contributed by atoms with E-state index in [2.05, 4.69) is 73.7 Å². The quantitative estimate of drug-likeness (QED) is 0.284. The number of rotatable bonds is 10. The minimum absolute atomic E-state index is 0.462. The van der Waals surface area contributed by atoms with Crippen molar-refractivity contribution < 1.29 is 9.47 Å². The van der Waals surface area contributed by atoms with Crippen LogP contribution >= 0.6 is 0 Å². The molecule has 6 heteroatoms. The van der Waals surface area contributed by atoms with Gasteiger partial charge < -0.3 is 9.47 Å². The van der Waals surface area contributed by atoms with Crippen molar-refractivity contribution in [2.75, 3.05) is 14.2 Å². The second-order valence-electron chi connectivity index (χ2n) is 8.86. The lowest BCUT2D eigenvalue weighted by Crippen LogP contribution is -2.00. The molecule has 0 radical (unpaired) electrons. The highest BCUT2D eigenvalue weighted by Crippen LogP contribution is 2.33. The summed E-state index contributed by atoms with van der Waals surface area (Å²) in [6, 6.07) is 12.8. The minimum Gasteiger partial charge on any atom is -0.497 e. The van der Waals surface area contributed by atoms with Gasteiger partial charge in [-0.2, -0.15) is 10.2 Å². The zero-order chi connectivity index (χ0) is 24.1. The standard InChI is InChI=1S/C28H34N4O2/c1-6-31-18-24(16-29-31)23-12-21(13-26(14-23)33-4)8-7-11-32-19-25(17-30-32)27-15-22(20(2)3)9-10-28(27)34-5/h9-10,12-20H,6-8,11H2,1-5H3. The van der Waals surface area contributed by atoms with Gasteiger partial charge in [-0.3, -0.25) is 9.36 Å². The second kappa shape index (κ2) is 10.6. The van der Waals surface area contributed by atoms with Crippen molar-refractivity contribution >= 4 is 0 Å². The highest BCUT2D eigenvalue weighted by Gasteiger charge is 2.12. The maximum Gasteiger partial charge on any atom is 0.126 e. The monoisotopic (exact) mass is 458 g/mol. The van der Waals surface area contributed by atoms with Gasteiger partial charge in [0.2, 0.25) is 0 Å². The molecule has 34 heavy (non-hydrogen) atoms. The molecule has 4 rings (SSSR count). The van der Waals surface area contributed by atoms with Crippen LogP contribution in [0.2, 0.25) is 0 Å². The summed E-state index contributed by atoms with van der Waals surface area (Å²) >= 11 is 0. The Morgan fingerprint density at radius 3 is 2.32 bits per heavy atom. The molecule has 0 amide bonds. The summed E-state index contributed by atoms with van der Waals surface area (Å²) in [5.74, 6) is 2.21. The van der Waals surface area contributed by atoms with E-state index in [1.54, 1.807) is 14.2 Å². The number of nitrogens with zero attached hydrogens (tertiary/aromatic N) is 4. The van der Waals surface area contributed by atoms with Crippen molar-refractivity contribution in [2.24, 2.45) is 0 Å². The van der Waals surface area contributed by atoms with Crippen LogP contribution in [0.4, 0.5) is 0 Å². The maximum atomic E-state index is 5.61. The molecule has 0 bridgehead atoms. The zero-order valence-corrected chi connectivity index (χ0v) is 20.8. The van der Waals surface area contributed by atoms with Crippen LogP contribution in [-0.4, -0.2) is 33.8 Å². The van der Waals surface area contributed by atoms with E-state index < -0.39 is 0 Å². The highest BCUT2D eigenvalue weighted by atomic mass is 16.5. The molecule has 0 atom stereocenters. The van der Waals surface area contributed by atoms with Gasteiger partial charge in [0.1, 0.15) is 11.5 Å². The second-order valence-corrected chi connectivity index (χ2v) is 8.86. The Bertz CT molecular complexity index is 1240. The van der Waals surface area contributed by atoms with Gasteiger partial charge in [-0.1, -0.05) is 26.0 Å². The first-order valence-corrected chi connectivity index (χ1v) is 11.9. The number of hydrogen-bond acceptors (Lipinski definition) is 4. The van der Waals surface area contributed by atoms with Crippen LogP contribution in [0, 0.1) is 0 Å². The first-order chi connectivity index (χ1) is 16.5. The van der Waals surface area contributed by atoms with Crippen LogP contribution in [0.25, 0.3) is 22.3 Å². The van der Waals surface area contributed by atoms with Crippen molar-refractivity contribution in [3.63, 3.8) is 0 Å². The molecular formula is C28H34N4O2. The van der Waals surface area contributed by atoms with Gasteiger partial charge in [-0.15, -0.1) is 0 Å². The Morgan fingerprint density at radius 1 is 0.853 bits per heavy atom. The van der Waals surface area contributed by atoms with Crippen LogP contribution < -0.4 is 9.47 Å². The van der Waals surface area contributed by atoms with E-state index in [-0.39, 0.29) is 0 Å². The summed E-state index contributed by atoms with van der Waals surface area (Å²) in [5.41, 5.74) is 6.95. The lowest BCUT2D eigenvalue weighted by molar-refractivity contribution is 0.414. The average Bonchev–Trinajstić information content (AvgIpc) is 3.53. The normalized spacial score (nSPS) is 11.2. The Hall–Kier alpha value is -3.54. The van der Waals surface area contributed by atoms with Gasteiger partial charge >= 0.3 is 0 Å². The first-order valence-electron chi connectivity index (χ1n) is 11.9. The van der Waals surface area contributed by atoms with E-state index in [0.29, 0.717) is 5.92 Å². The molecule has 0 aliphatic rings. The van der Waals surface area contributed by atoms with Crippen molar-refractivity contribution in [3.05, 3.63) is 72.3 Å². The molecule has 0 aliphatic carbocycles. The van der Waals surface area contributed by atoms with Crippen LogP contribution in [0.15, 0.2) is 61.2 Å². The summed E-state index contributed by atoms with van der Waals surface area (Å²) in [5, 5.41) is 9.02. The number of methoxy groups -OCH3 is 2. The third-order valence-electron chi connectivity index (χ3n) is 6.18. The van der Waals surface area contributed by atoms with Crippen LogP contribution in [0.5, 0.6) is 11.5 Å². The van der Waals surface area contributed by atoms with Crippen molar-refractivity contribution in [2.45, 2.75) is 52.6 Å². The molecule has 0 fully saturated rings. The van der Waals surface area contributed by atoms with Gasteiger partial charge in [-0.25, -0.2) is 0 Å². The number of ether oxygens (including phenoxy) is 2. The van der Waals surface area contributed by atoms with Gasteiger partial charge in [0, 0.05) is 42.2 Å². The van der Waals surface area contributed by atoms with Gasteiger partial charge in [-0.05, 0) is 66.6 Å². The lowest BCUT2D eigenvalue weighted by atomic mass is 9.98. The molecule has 2 heterocycles. The molecule has 2 aromatic heterocycles. The molecule has 0 saturated carbocycles. The minimum atomic E-state index is 0.462. The third kappa shape index (κ3) is 5.33. The van der Waals surface area contributed by atoms with Crippen LogP contribution in [0.1, 0.15) is 44.2 Å². The number of hydrogen-bond donors (Lipinski definition) is 0. The smallest absolute Gasteiger partial charge is 0.126 e. The van der Waals surface area contributed by atoms with Crippen LogP contribution in [-0.2, 0) is 19.5 Å². The first kappa shape index (κ1) is 23.6. The number of aryl methyl sites for hydroxylation is 3. The van der Waals surface area contributed by atoms with E-state index in [0.717, 1.165) is 59.7 Å². The van der Waals surface area contributed by atoms with E-state index >= 15 is 0 Å². The number of aromatic nitrogens is 4. The SMILES string of the molecule is CCn1cc(-c2cc(CCCn3cc(-c4cc(C(C)C)ccc4OC)cn3)cc(OC)c2)cn1. The fourth-order valence-corrected chi connectivity index (χ4v) is 4.16. The molecular weight excluding hydrogens is 424 g/mol. The van der Waals surface area contributed by atoms with Crippen LogP contribution in [0.3, 0.4) is 0 Å². The van der Waals surface area contributed by atoms with Crippen molar-refractivity contribution in [1.82, 2.24) is 19.6 Å². The predicted octanol–water partition coefficient (Wildman–Crippen LogP) is 6.21. The summed E-state index contributed by atoms with van der Waals surface area (Å²) in [6.45, 7) is 8.19. The topological polar surface area (TPSA) is 54.1 Å². The molecule has 6 nitrogen and oxygen atoms in total. The van der Waals surface area contributed by atoms with Gasteiger partial charge in [0.25, 0.3) is 0 Å². The molecule has 4 aromatic rings. The molecule has 0 spiro atoms. The molecule has 0 aliphatic heterocycles. The molecule has 178 valence electrons. The largest absolute Gasteiger partial charge is 0.497 e.